The van der Waals surface area contributed by atoms with Gasteiger partial charge < -0.3 is 5.32 Å². The van der Waals surface area contributed by atoms with Crippen molar-refractivity contribution in [3.8, 4) is 0 Å². The first kappa shape index (κ1) is 12.4. The number of nitrogens with one attached hydrogen (secondary N) is 1. The molecule has 1 atom stereocenters. The zero-order valence-electron chi connectivity index (χ0n) is 8.89. The number of unbranched alkanes of at least 4 members (excludes halogenated alkanes) is 3. The molecular weight excluding hydrogens is 158 g/mol. The molecule has 0 amide bonds. The fraction of sp³-hybridized carbons (Fsp3) is 0.667. The summed E-state index contributed by atoms with van der Waals surface area (Å²) in [5.74, 6) is 0. The molecule has 0 saturated heterocycles. The van der Waals surface area contributed by atoms with E-state index in [1.54, 1.807) is 0 Å². The molecule has 0 aromatic rings. The van der Waals surface area contributed by atoms with E-state index >= 15 is 0 Å². The summed E-state index contributed by atoms with van der Waals surface area (Å²) in [5.41, 5.74) is 0. The Bertz CT molecular complexity index is 129. The smallest absolute Gasteiger partial charge is 0.00984 e. The van der Waals surface area contributed by atoms with Gasteiger partial charge in [0.25, 0.3) is 0 Å². The summed E-state index contributed by atoms with van der Waals surface area (Å²) < 4.78 is 0. The second-order valence-corrected chi connectivity index (χ2v) is 3.44. The summed E-state index contributed by atoms with van der Waals surface area (Å²) in [6, 6.07) is 0.626. The first-order valence-electron chi connectivity index (χ1n) is 5.24. The van der Waals surface area contributed by atoms with Crippen LogP contribution < -0.4 is 5.32 Å². The second-order valence-electron chi connectivity index (χ2n) is 3.44. The Morgan fingerprint density at radius 2 is 1.92 bits per heavy atom. The first-order chi connectivity index (χ1) is 6.35. The van der Waals surface area contributed by atoms with Gasteiger partial charge in [0.15, 0.2) is 0 Å². The zero-order chi connectivity index (χ0) is 9.94. The Balaban J connectivity index is 3.26. The third-order valence-corrected chi connectivity index (χ3v) is 2.32. The van der Waals surface area contributed by atoms with Crippen molar-refractivity contribution >= 4 is 0 Å². The third kappa shape index (κ3) is 7.79. The summed E-state index contributed by atoms with van der Waals surface area (Å²) in [6.07, 6.45) is 11.4. The van der Waals surface area contributed by atoms with Crippen molar-refractivity contribution in [3.05, 3.63) is 25.3 Å². The molecule has 0 saturated carbocycles. The van der Waals surface area contributed by atoms with Gasteiger partial charge in [-0.2, -0.15) is 0 Å². The van der Waals surface area contributed by atoms with Crippen LogP contribution >= 0.6 is 0 Å². The second kappa shape index (κ2) is 9.53. The molecule has 0 radical (unpaired) electrons. The highest BCUT2D eigenvalue weighted by molar-refractivity contribution is 4.76. The Hall–Kier alpha value is -0.560. The van der Waals surface area contributed by atoms with Crippen molar-refractivity contribution < 1.29 is 0 Å². The summed E-state index contributed by atoms with van der Waals surface area (Å²) in [7, 11) is 2.03. The fourth-order valence-corrected chi connectivity index (χ4v) is 1.44. The van der Waals surface area contributed by atoms with Gasteiger partial charge in [0.1, 0.15) is 0 Å². The van der Waals surface area contributed by atoms with Gasteiger partial charge >= 0.3 is 0 Å². The standard InChI is InChI=1S/C12H23N/c1-4-6-7-8-9-11-12(13-3)10-5-2/h4-5,12-13H,1-2,6-11H2,3H3. The first-order valence-corrected chi connectivity index (χ1v) is 5.24. The number of hydrogen-bond donors (Lipinski definition) is 1. The largest absolute Gasteiger partial charge is 0.317 e. The average molecular weight is 181 g/mol. The highest BCUT2D eigenvalue weighted by atomic mass is 14.9. The predicted octanol–water partition coefficient (Wildman–Crippen LogP) is 3.29. The average Bonchev–Trinajstić information content (AvgIpc) is 2.16. The minimum absolute atomic E-state index is 0.626. The topological polar surface area (TPSA) is 12.0 Å². The van der Waals surface area contributed by atoms with Gasteiger partial charge in [-0.05, 0) is 32.7 Å². The van der Waals surface area contributed by atoms with Crippen molar-refractivity contribution in [2.75, 3.05) is 7.05 Å². The molecule has 0 aromatic carbocycles. The summed E-state index contributed by atoms with van der Waals surface area (Å²) in [4.78, 5) is 0. The fourth-order valence-electron chi connectivity index (χ4n) is 1.44. The van der Waals surface area contributed by atoms with Gasteiger partial charge in [-0.15, -0.1) is 13.2 Å². The molecule has 1 N–H and O–H groups in total. The maximum atomic E-state index is 3.75. The lowest BCUT2D eigenvalue weighted by atomic mass is 10.0. The minimum Gasteiger partial charge on any atom is -0.317 e. The highest BCUT2D eigenvalue weighted by Gasteiger charge is 2.01. The van der Waals surface area contributed by atoms with E-state index in [1.807, 2.05) is 19.2 Å². The molecule has 0 spiro atoms. The van der Waals surface area contributed by atoms with Gasteiger partial charge in [0.2, 0.25) is 0 Å². The lowest BCUT2D eigenvalue weighted by Gasteiger charge is -2.13. The molecular formula is C12H23N. The monoisotopic (exact) mass is 181 g/mol. The highest BCUT2D eigenvalue weighted by Crippen LogP contribution is 2.08. The van der Waals surface area contributed by atoms with Crippen molar-refractivity contribution in [1.29, 1.82) is 0 Å². The van der Waals surface area contributed by atoms with Crippen molar-refractivity contribution in [3.63, 3.8) is 0 Å². The molecule has 76 valence electrons. The predicted molar refractivity (Wildman–Crippen MR) is 60.9 cm³/mol. The molecule has 0 fully saturated rings. The Kier molecular flexibility index (Phi) is 9.12. The van der Waals surface area contributed by atoms with Crippen LogP contribution in [0.2, 0.25) is 0 Å². The molecule has 0 heterocycles. The maximum Gasteiger partial charge on any atom is 0.00984 e. The molecule has 0 aliphatic heterocycles. The van der Waals surface area contributed by atoms with Crippen LogP contribution in [0, 0.1) is 0 Å². The molecule has 0 aliphatic carbocycles. The van der Waals surface area contributed by atoms with Gasteiger partial charge in [-0.25, -0.2) is 0 Å². The molecule has 0 aromatic heterocycles. The molecule has 0 bridgehead atoms. The van der Waals surface area contributed by atoms with Gasteiger partial charge in [0.05, 0.1) is 0 Å². The molecule has 1 unspecified atom stereocenters. The summed E-state index contributed by atoms with van der Waals surface area (Å²) in [6.45, 7) is 7.47. The van der Waals surface area contributed by atoms with Crippen LogP contribution in [0.1, 0.15) is 38.5 Å². The van der Waals surface area contributed by atoms with E-state index in [9.17, 15) is 0 Å². The summed E-state index contributed by atoms with van der Waals surface area (Å²) >= 11 is 0. The van der Waals surface area contributed by atoms with Crippen LogP contribution in [0.25, 0.3) is 0 Å². The lowest BCUT2D eigenvalue weighted by Crippen LogP contribution is -2.24. The summed E-state index contributed by atoms with van der Waals surface area (Å²) in [5, 5.41) is 3.30. The molecule has 0 rings (SSSR count). The van der Waals surface area contributed by atoms with E-state index < -0.39 is 0 Å². The van der Waals surface area contributed by atoms with E-state index in [2.05, 4.69) is 18.5 Å². The van der Waals surface area contributed by atoms with Crippen LogP contribution in [0.15, 0.2) is 25.3 Å². The Labute approximate surface area is 82.9 Å². The minimum atomic E-state index is 0.626. The molecule has 1 heteroatoms. The van der Waals surface area contributed by atoms with Crippen molar-refractivity contribution in [2.24, 2.45) is 0 Å². The number of hydrogen-bond acceptors (Lipinski definition) is 1. The molecule has 0 aliphatic rings. The lowest BCUT2D eigenvalue weighted by molar-refractivity contribution is 0.493. The number of allylic oxidation sites excluding steroid dienone is 1. The third-order valence-electron chi connectivity index (χ3n) is 2.32. The van der Waals surface area contributed by atoms with E-state index in [-0.39, 0.29) is 0 Å². The SMILES string of the molecule is C=CCCCCCC(CC=C)NC. The molecule has 1 nitrogen and oxygen atoms in total. The zero-order valence-corrected chi connectivity index (χ0v) is 8.89. The maximum absolute atomic E-state index is 3.75. The van der Waals surface area contributed by atoms with Crippen LogP contribution in [0.4, 0.5) is 0 Å². The van der Waals surface area contributed by atoms with E-state index in [4.69, 9.17) is 0 Å². The number of rotatable bonds is 9. The normalized spacial score (nSPS) is 12.4. The van der Waals surface area contributed by atoms with E-state index in [0.717, 1.165) is 12.8 Å². The van der Waals surface area contributed by atoms with Crippen LogP contribution in [0.5, 0.6) is 0 Å². The molecule has 13 heavy (non-hydrogen) atoms. The van der Waals surface area contributed by atoms with Gasteiger partial charge in [0, 0.05) is 6.04 Å². The van der Waals surface area contributed by atoms with Gasteiger partial charge in [-0.3, -0.25) is 0 Å². The van der Waals surface area contributed by atoms with Crippen LogP contribution in [-0.4, -0.2) is 13.1 Å². The van der Waals surface area contributed by atoms with Crippen molar-refractivity contribution in [2.45, 2.75) is 44.6 Å². The Morgan fingerprint density at radius 1 is 1.15 bits per heavy atom. The van der Waals surface area contributed by atoms with Crippen LogP contribution in [-0.2, 0) is 0 Å². The van der Waals surface area contributed by atoms with Crippen LogP contribution in [0.3, 0.4) is 0 Å². The Morgan fingerprint density at radius 3 is 2.46 bits per heavy atom. The quantitative estimate of drug-likeness (QED) is 0.425. The van der Waals surface area contributed by atoms with Gasteiger partial charge in [-0.1, -0.05) is 25.0 Å². The van der Waals surface area contributed by atoms with E-state index in [1.165, 1.54) is 25.7 Å². The van der Waals surface area contributed by atoms with E-state index in [0.29, 0.717) is 6.04 Å². The van der Waals surface area contributed by atoms with Crippen molar-refractivity contribution in [1.82, 2.24) is 5.32 Å².